The van der Waals surface area contributed by atoms with Crippen LogP contribution in [0.4, 0.5) is 0 Å². The molecule has 0 aliphatic carbocycles. The van der Waals surface area contributed by atoms with Crippen LogP contribution in [-0.4, -0.2) is 37.7 Å². The first-order valence-electron chi connectivity index (χ1n) is 6.56. The quantitative estimate of drug-likeness (QED) is 0.803. The van der Waals surface area contributed by atoms with Crippen molar-refractivity contribution in [2.75, 3.05) is 20.8 Å². The van der Waals surface area contributed by atoms with Crippen LogP contribution in [0.15, 0.2) is 18.2 Å². The summed E-state index contributed by atoms with van der Waals surface area (Å²) in [4.78, 5) is 23.3. The molecule has 21 heavy (non-hydrogen) atoms. The Kier molecular flexibility index (Phi) is 5.58. The third kappa shape index (κ3) is 4.11. The maximum atomic E-state index is 12.2. The van der Waals surface area contributed by atoms with Crippen LogP contribution in [0.5, 0.6) is 11.5 Å². The Labute approximate surface area is 124 Å². The Morgan fingerprint density at radius 3 is 2.14 bits per heavy atom. The highest BCUT2D eigenvalue weighted by Crippen LogP contribution is 2.28. The van der Waals surface area contributed by atoms with Crippen molar-refractivity contribution < 1.29 is 24.2 Å². The monoisotopic (exact) mass is 295 g/mol. The molecule has 0 radical (unpaired) electrons. The zero-order valence-corrected chi connectivity index (χ0v) is 12.7. The number of hydrogen-bond acceptors (Lipinski definition) is 4. The molecular formula is C15H21NO5. The van der Waals surface area contributed by atoms with Crippen LogP contribution in [0.3, 0.4) is 0 Å². The van der Waals surface area contributed by atoms with Gasteiger partial charge in [0.1, 0.15) is 17.1 Å². The average molecular weight is 295 g/mol. The lowest BCUT2D eigenvalue weighted by molar-refractivity contribution is -0.147. The van der Waals surface area contributed by atoms with Crippen molar-refractivity contribution in [3.63, 3.8) is 0 Å². The van der Waals surface area contributed by atoms with Crippen LogP contribution < -0.4 is 14.8 Å². The number of ether oxygens (including phenoxy) is 2. The fourth-order valence-electron chi connectivity index (χ4n) is 1.76. The topological polar surface area (TPSA) is 84.9 Å². The number of nitrogens with one attached hydrogen (secondary N) is 1. The van der Waals surface area contributed by atoms with Crippen molar-refractivity contribution in [3.05, 3.63) is 23.8 Å². The average Bonchev–Trinajstić information content (AvgIpc) is 2.45. The molecule has 0 unspecified atom stereocenters. The molecule has 0 bridgehead atoms. The molecule has 1 rings (SSSR count). The van der Waals surface area contributed by atoms with E-state index < -0.39 is 11.4 Å². The van der Waals surface area contributed by atoms with Gasteiger partial charge in [-0.25, -0.2) is 0 Å². The van der Waals surface area contributed by atoms with Crippen molar-refractivity contribution >= 4 is 11.9 Å². The molecule has 0 saturated heterocycles. The SMILES string of the molecule is COc1cccc(OC)c1C(=O)NCCC(C)(C)C(=O)O. The number of hydrogen-bond donors (Lipinski definition) is 2. The van der Waals surface area contributed by atoms with E-state index in [2.05, 4.69) is 5.32 Å². The second-order valence-corrected chi connectivity index (χ2v) is 5.23. The number of rotatable bonds is 7. The van der Waals surface area contributed by atoms with Gasteiger partial charge in [-0.15, -0.1) is 0 Å². The first-order valence-corrected chi connectivity index (χ1v) is 6.56. The first kappa shape index (κ1) is 16.8. The number of methoxy groups -OCH3 is 2. The summed E-state index contributed by atoms with van der Waals surface area (Å²) in [6.45, 7) is 3.48. The number of carboxylic acids is 1. The van der Waals surface area contributed by atoms with Crippen LogP contribution in [0.1, 0.15) is 30.6 Å². The number of carbonyl (C=O) groups is 2. The zero-order valence-electron chi connectivity index (χ0n) is 12.7. The van der Waals surface area contributed by atoms with Crippen molar-refractivity contribution in [2.45, 2.75) is 20.3 Å². The zero-order chi connectivity index (χ0) is 16.0. The number of benzene rings is 1. The Morgan fingerprint density at radius 2 is 1.71 bits per heavy atom. The largest absolute Gasteiger partial charge is 0.496 e. The molecule has 0 saturated carbocycles. The van der Waals surface area contributed by atoms with Crippen molar-refractivity contribution in [1.82, 2.24) is 5.32 Å². The molecule has 6 nitrogen and oxygen atoms in total. The Bertz CT molecular complexity index is 503. The third-order valence-electron chi connectivity index (χ3n) is 3.27. The lowest BCUT2D eigenvalue weighted by Crippen LogP contribution is -2.32. The second-order valence-electron chi connectivity index (χ2n) is 5.23. The predicted octanol–water partition coefficient (Wildman–Crippen LogP) is 1.93. The molecule has 1 amide bonds. The van der Waals surface area contributed by atoms with Crippen LogP contribution >= 0.6 is 0 Å². The summed E-state index contributed by atoms with van der Waals surface area (Å²) in [5.74, 6) is -0.439. The lowest BCUT2D eigenvalue weighted by atomic mass is 9.89. The second kappa shape index (κ2) is 6.97. The summed E-state index contributed by atoms with van der Waals surface area (Å²) in [7, 11) is 2.94. The van der Waals surface area contributed by atoms with E-state index in [0.717, 1.165) is 0 Å². The van der Waals surface area contributed by atoms with Gasteiger partial charge in [0.25, 0.3) is 5.91 Å². The molecule has 1 aromatic rings. The molecule has 0 fully saturated rings. The molecule has 0 heterocycles. The van der Waals surface area contributed by atoms with Crippen LogP contribution in [0.25, 0.3) is 0 Å². The number of carbonyl (C=O) groups excluding carboxylic acids is 1. The van der Waals surface area contributed by atoms with E-state index in [0.29, 0.717) is 23.5 Å². The van der Waals surface area contributed by atoms with Gasteiger partial charge in [0.2, 0.25) is 0 Å². The summed E-state index contributed by atoms with van der Waals surface area (Å²) >= 11 is 0. The lowest BCUT2D eigenvalue weighted by Gasteiger charge is -2.19. The molecule has 6 heteroatoms. The summed E-state index contributed by atoms with van der Waals surface area (Å²) < 4.78 is 10.3. The Balaban J connectivity index is 2.79. The standard InChI is InChI=1S/C15H21NO5/c1-15(2,14(18)19)8-9-16-13(17)12-10(20-3)6-5-7-11(12)21-4/h5-7H,8-9H2,1-4H3,(H,16,17)(H,18,19). The van der Waals surface area contributed by atoms with E-state index >= 15 is 0 Å². The van der Waals surface area contributed by atoms with Crippen molar-refractivity contribution in [3.8, 4) is 11.5 Å². The van der Waals surface area contributed by atoms with Gasteiger partial charge in [0, 0.05) is 6.54 Å². The predicted molar refractivity (Wildman–Crippen MR) is 77.9 cm³/mol. The van der Waals surface area contributed by atoms with E-state index in [1.165, 1.54) is 14.2 Å². The first-order chi connectivity index (χ1) is 9.83. The highest BCUT2D eigenvalue weighted by atomic mass is 16.5. The minimum Gasteiger partial charge on any atom is -0.496 e. The third-order valence-corrected chi connectivity index (χ3v) is 3.27. The Hall–Kier alpha value is -2.24. The molecule has 0 aliphatic heterocycles. The number of aliphatic carboxylic acids is 1. The summed E-state index contributed by atoms with van der Waals surface area (Å²) in [5.41, 5.74) is -0.589. The summed E-state index contributed by atoms with van der Waals surface area (Å²) in [6.07, 6.45) is 0.325. The van der Waals surface area contributed by atoms with Gasteiger partial charge in [-0.05, 0) is 32.4 Å². The maximum absolute atomic E-state index is 12.2. The molecule has 0 atom stereocenters. The molecule has 116 valence electrons. The van der Waals surface area contributed by atoms with E-state index in [1.54, 1.807) is 32.0 Å². The minimum absolute atomic E-state index is 0.249. The van der Waals surface area contributed by atoms with Crippen LogP contribution in [0.2, 0.25) is 0 Å². The molecule has 0 aromatic heterocycles. The van der Waals surface area contributed by atoms with Gasteiger partial charge in [-0.3, -0.25) is 9.59 Å². The van der Waals surface area contributed by atoms with Crippen molar-refractivity contribution in [1.29, 1.82) is 0 Å². The van der Waals surface area contributed by atoms with Gasteiger partial charge in [-0.2, -0.15) is 0 Å². The fourth-order valence-corrected chi connectivity index (χ4v) is 1.76. The van der Waals surface area contributed by atoms with Gasteiger partial charge in [0.15, 0.2) is 0 Å². The van der Waals surface area contributed by atoms with Gasteiger partial charge < -0.3 is 19.9 Å². The van der Waals surface area contributed by atoms with E-state index in [-0.39, 0.29) is 12.5 Å². The fraction of sp³-hybridized carbons (Fsp3) is 0.467. The Morgan fingerprint density at radius 1 is 1.19 bits per heavy atom. The highest BCUT2D eigenvalue weighted by molar-refractivity contribution is 5.99. The van der Waals surface area contributed by atoms with E-state index in [4.69, 9.17) is 14.6 Å². The maximum Gasteiger partial charge on any atom is 0.309 e. The molecule has 0 spiro atoms. The number of carboxylic acid groups (broad SMARTS) is 1. The highest BCUT2D eigenvalue weighted by Gasteiger charge is 2.27. The van der Waals surface area contributed by atoms with Gasteiger partial charge in [-0.1, -0.05) is 6.07 Å². The minimum atomic E-state index is -0.897. The van der Waals surface area contributed by atoms with Gasteiger partial charge in [0.05, 0.1) is 19.6 Å². The normalized spacial score (nSPS) is 10.9. The van der Waals surface area contributed by atoms with Crippen LogP contribution in [-0.2, 0) is 4.79 Å². The molecular weight excluding hydrogens is 274 g/mol. The number of amides is 1. The van der Waals surface area contributed by atoms with Crippen molar-refractivity contribution in [2.24, 2.45) is 5.41 Å². The summed E-state index contributed by atoms with van der Waals surface area (Å²) in [6, 6.07) is 5.05. The van der Waals surface area contributed by atoms with E-state index in [1.807, 2.05) is 0 Å². The van der Waals surface area contributed by atoms with Gasteiger partial charge >= 0.3 is 5.97 Å². The smallest absolute Gasteiger partial charge is 0.309 e. The molecule has 2 N–H and O–H groups in total. The molecule has 1 aromatic carbocycles. The summed E-state index contributed by atoms with van der Waals surface area (Å²) in [5, 5.41) is 11.7. The van der Waals surface area contributed by atoms with Crippen LogP contribution in [0, 0.1) is 5.41 Å². The van der Waals surface area contributed by atoms with E-state index in [9.17, 15) is 9.59 Å². The molecule has 0 aliphatic rings.